The highest BCUT2D eigenvalue weighted by Gasteiger charge is 2.23. The van der Waals surface area contributed by atoms with Gasteiger partial charge in [0.2, 0.25) is 4.77 Å². The molecule has 0 atom stereocenters. The fourth-order valence-corrected chi connectivity index (χ4v) is 4.59. The van der Waals surface area contributed by atoms with Crippen LogP contribution in [-0.4, -0.2) is 15.5 Å². The van der Waals surface area contributed by atoms with Crippen molar-refractivity contribution in [1.82, 2.24) is 9.55 Å². The zero-order valence-corrected chi connectivity index (χ0v) is 13.3. The van der Waals surface area contributed by atoms with Crippen molar-refractivity contribution in [2.75, 3.05) is 5.73 Å². The van der Waals surface area contributed by atoms with Crippen LogP contribution in [0.5, 0.6) is 0 Å². The van der Waals surface area contributed by atoms with Gasteiger partial charge in [-0.15, -0.1) is 11.3 Å². The van der Waals surface area contributed by atoms with Gasteiger partial charge in [0.1, 0.15) is 10.6 Å². The maximum Gasteiger partial charge on any atom is 0.265 e. The Bertz CT molecular complexity index is 957. The van der Waals surface area contributed by atoms with E-state index >= 15 is 0 Å². The highest BCUT2D eigenvalue weighted by Crippen LogP contribution is 2.39. The summed E-state index contributed by atoms with van der Waals surface area (Å²) in [5, 5.41) is 0.912. The zero-order chi connectivity index (χ0) is 15.3. The number of hydrogen-bond donors (Lipinski definition) is 1. The Morgan fingerprint density at radius 2 is 2.05 bits per heavy atom. The maximum atomic E-state index is 12.7. The summed E-state index contributed by atoms with van der Waals surface area (Å²) in [5.74, 6) is 0.193. The minimum atomic E-state index is -0.226. The van der Waals surface area contributed by atoms with Gasteiger partial charge in [0, 0.05) is 10.4 Å². The van der Waals surface area contributed by atoms with E-state index in [-0.39, 0.29) is 10.7 Å². The smallest absolute Gasteiger partial charge is 0.265 e. The minimum Gasteiger partial charge on any atom is -0.384 e. The van der Waals surface area contributed by atoms with E-state index in [1.54, 1.807) is 23.5 Å². The monoisotopic (exact) mass is 327 g/mol. The number of carbonyl (C=O) groups is 1. The molecule has 4 rings (SSSR count). The van der Waals surface area contributed by atoms with Gasteiger partial charge in [-0.2, -0.15) is 0 Å². The van der Waals surface area contributed by atoms with Crippen LogP contribution in [0.1, 0.15) is 27.2 Å². The third kappa shape index (κ3) is 1.91. The van der Waals surface area contributed by atoms with Crippen molar-refractivity contribution in [2.45, 2.75) is 19.3 Å². The number of benzene rings is 1. The van der Waals surface area contributed by atoms with Crippen LogP contribution in [0, 0.1) is 4.77 Å². The number of rotatable bonds is 1. The van der Waals surface area contributed by atoms with Crippen LogP contribution in [-0.2, 0) is 12.8 Å². The quantitative estimate of drug-likeness (QED) is 0.694. The first kappa shape index (κ1) is 13.6. The molecule has 0 saturated carbocycles. The molecule has 1 aliphatic carbocycles. The standard InChI is InChI=1S/C16H13N3OS2/c17-13-12-10-7-4-8-11(10)22-14(12)18-16(21)19(13)15(20)9-5-2-1-3-6-9/h1-3,5-6H,4,7-8,17H2. The Hall–Kier alpha value is -2.05. The molecule has 22 heavy (non-hydrogen) atoms. The summed E-state index contributed by atoms with van der Waals surface area (Å²) >= 11 is 6.96. The van der Waals surface area contributed by atoms with E-state index in [0.29, 0.717) is 11.4 Å². The summed E-state index contributed by atoms with van der Waals surface area (Å²) in [7, 11) is 0. The van der Waals surface area contributed by atoms with E-state index in [1.807, 2.05) is 18.2 Å². The van der Waals surface area contributed by atoms with Crippen molar-refractivity contribution in [3.8, 4) is 0 Å². The number of aromatic nitrogens is 2. The van der Waals surface area contributed by atoms with Gasteiger partial charge in [0.05, 0.1) is 5.39 Å². The molecule has 2 heterocycles. The van der Waals surface area contributed by atoms with Gasteiger partial charge in [-0.05, 0) is 49.2 Å². The number of nitrogen functional groups attached to an aromatic ring is 1. The van der Waals surface area contributed by atoms with E-state index in [1.165, 1.54) is 15.0 Å². The van der Waals surface area contributed by atoms with Gasteiger partial charge >= 0.3 is 0 Å². The highest BCUT2D eigenvalue weighted by molar-refractivity contribution is 7.71. The number of thiophene rings is 1. The molecule has 6 heteroatoms. The number of carbonyl (C=O) groups excluding carboxylic acids is 1. The van der Waals surface area contributed by atoms with Crippen LogP contribution in [0.15, 0.2) is 30.3 Å². The normalized spacial score (nSPS) is 13.5. The third-order valence-electron chi connectivity index (χ3n) is 4.01. The van der Waals surface area contributed by atoms with E-state index in [4.69, 9.17) is 18.0 Å². The molecule has 2 aromatic heterocycles. The van der Waals surface area contributed by atoms with Crippen molar-refractivity contribution < 1.29 is 4.79 Å². The molecule has 0 aliphatic heterocycles. The lowest BCUT2D eigenvalue weighted by atomic mass is 10.1. The van der Waals surface area contributed by atoms with Crippen molar-refractivity contribution in [3.05, 3.63) is 51.1 Å². The molecule has 0 radical (unpaired) electrons. The van der Waals surface area contributed by atoms with Crippen molar-refractivity contribution in [1.29, 1.82) is 0 Å². The molecule has 0 saturated heterocycles. The predicted octanol–water partition coefficient (Wildman–Crippen LogP) is 3.59. The molecule has 3 aromatic rings. The summed E-state index contributed by atoms with van der Waals surface area (Å²) < 4.78 is 1.58. The summed E-state index contributed by atoms with van der Waals surface area (Å²) in [5.41, 5.74) is 8.12. The first-order chi connectivity index (χ1) is 10.7. The Kier molecular flexibility index (Phi) is 3.09. The summed E-state index contributed by atoms with van der Waals surface area (Å²) in [6.07, 6.45) is 3.20. The highest BCUT2D eigenvalue weighted by atomic mass is 32.1. The number of aryl methyl sites for hydroxylation is 2. The lowest BCUT2D eigenvalue weighted by molar-refractivity contribution is 0.0959. The Morgan fingerprint density at radius 1 is 1.27 bits per heavy atom. The first-order valence-corrected chi connectivity index (χ1v) is 8.32. The van der Waals surface area contributed by atoms with Gasteiger partial charge in [-0.1, -0.05) is 18.2 Å². The van der Waals surface area contributed by atoms with Crippen LogP contribution < -0.4 is 5.73 Å². The molecular formula is C16H13N3OS2. The van der Waals surface area contributed by atoms with E-state index in [2.05, 4.69) is 4.98 Å². The van der Waals surface area contributed by atoms with Crippen LogP contribution in [0.2, 0.25) is 0 Å². The molecule has 0 unspecified atom stereocenters. The number of nitrogens with two attached hydrogens (primary N) is 1. The fourth-order valence-electron chi connectivity index (χ4n) is 2.99. The largest absolute Gasteiger partial charge is 0.384 e. The number of hydrogen-bond acceptors (Lipinski definition) is 5. The minimum absolute atomic E-state index is 0.221. The molecule has 110 valence electrons. The summed E-state index contributed by atoms with van der Waals surface area (Å²) in [4.78, 5) is 19.4. The van der Waals surface area contributed by atoms with Gasteiger partial charge in [-0.3, -0.25) is 4.79 Å². The second-order valence-electron chi connectivity index (χ2n) is 5.32. The molecule has 1 aliphatic rings. The molecule has 0 spiro atoms. The number of fused-ring (bicyclic) bond motifs is 3. The molecule has 0 amide bonds. The fraction of sp³-hybridized carbons (Fsp3) is 0.188. The van der Waals surface area contributed by atoms with Crippen LogP contribution >= 0.6 is 23.6 Å². The lowest BCUT2D eigenvalue weighted by Gasteiger charge is -2.10. The predicted molar refractivity (Wildman–Crippen MR) is 91.1 cm³/mol. The Labute approximate surface area is 136 Å². The average Bonchev–Trinajstić information content (AvgIpc) is 3.08. The molecule has 2 N–H and O–H groups in total. The lowest BCUT2D eigenvalue weighted by Crippen LogP contribution is -2.18. The molecule has 1 aromatic carbocycles. The summed E-state index contributed by atoms with van der Waals surface area (Å²) in [6, 6.07) is 9.02. The van der Waals surface area contributed by atoms with Crippen LogP contribution in [0.4, 0.5) is 5.82 Å². The summed E-state index contributed by atoms with van der Waals surface area (Å²) in [6.45, 7) is 0. The number of anilines is 1. The second-order valence-corrected chi connectivity index (χ2v) is 6.77. The third-order valence-corrected chi connectivity index (χ3v) is 5.47. The van der Waals surface area contributed by atoms with E-state index in [9.17, 15) is 4.79 Å². The van der Waals surface area contributed by atoms with Gasteiger partial charge in [0.25, 0.3) is 5.91 Å². The Balaban J connectivity index is 1.99. The maximum absolute atomic E-state index is 12.7. The molecule has 0 bridgehead atoms. The van der Waals surface area contributed by atoms with Crippen LogP contribution in [0.3, 0.4) is 0 Å². The van der Waals surface area contributed by atoms with Crippen molar-refractivity contribution >= 4 is 45.5 Å². The topological polar surface area (TPSA) is 60.9 Å². The second kappa shape index (κ2) is 5.00. The molecule has 4 nitrogen and oxygen atoms in total. The van der Waals surface area contributed by atoms with Crippen molar-refractivity contribution in [2.24, 2.45) is 0 Å². The van der Waals surface area contributed by atoms with E-state index < -0.39 is 0 Å². The van der Waals surface area contributed by atoms with Crippen LogP contribution in [0.25, 0.3) is 10.2 Å². The first-order valence-electron chi connectivity index (χ1n) is 7.09. The number of nitrogens with zero attached hydrogens (tertiary/aromatic N) is 2. The average molecular weight is 327 g/mol. The van der Waals surface area contributed by atoms with Gasteiger partial charge < -0.3 is 5.73 Å². The Morgan fingerprint density at radius 3 is 2.82 bits per heavy atom. The zero-order valence-electron chi connectivity index (χ0n) is 11.7. The SMILES string of the molecule is Nc1c2c3c(sc2nc(=S)n1C(=O)c1ccccc1)CCC3. The van der Waals surface area contributed by atoms with Crippen molar-refractivity contribution in [3.63, 3.8) is 0 Å². The molecular weight excluding hydrogens is 314 g/mol. The molecule has 0 fully saturated rings. The van der Waals surface area contributed by atoms with Gasteiger partial charge in [0.15, 0.2) is 0 Å². The van der Waals surface area contributed by atoms with E-state index in [0.717, 1.165) is 29.5 Å². The van der Waals surface area contributed by atoms with Gasteiger partial charge in [-0.25, -0.2) is 9.55 Å².